The highest BCUT2D eigenvalue weighted by atomic mass is 16.2. The van der Waals surface area contributed by atoms with Gasteiger partial charge in [-0.25, -0.2) is 0 Å². The van der Waals surface area contributed by atoms with E-state index in [0.29, 0.717) is 0 Å². The molecule has 1 aliphatic rings. The Morgan fingerprint density at radius 1 is 1.39 bits per heavy atom. The van der Waals surface area contributed by atoms with Crippen molar-refractivity contribution in [3.63, 3.8) is 0 Å². The summed E-state index contributed by atoms with van der Waals surface area (Å²) in [4.78, 5) is 14.5. The molecule has 1 aromatic rings. The van der Waals surface area contributed by atoms with Crippen LogP contribution in [0, 0.1) is 12.8 Å². The van der Waals surface area contributed by atoms with Gasteiger partial charge in [0.25, 0.3) is 0 Å². The number of rotatable bonds is 3. The van der Waals surface area contributed by atoms with E-state index in [4.69, 9.17) is 0 Å². The van der Waals surface area contributed by atoms with Gasteiger partial charge in [-0.2, -0.15) is 0 Å². The summed E-state index contributed by atoms with van der Waals surface area (Å²) in [5.41, 5.74) is 2.23. The van der Waals surface area contributed by atoms with Crippen LogP contribution in [0.4, 0.5) is 5.69 Å². The van der Waals surface area contributed by atoms with E-state index in [0.717, 1.165) is 25.2 Å². The Labute approximate surface area is 109 Å². The molecule has 1 saturated heterocycles. The summed E-state index contributed by atoms with van der Waals surface area (Å²) in [6.07, 6.45) is 0.947. The zero-order chi connectivity index (χ0) is 13.1. The van der Waals surface area contributed by atoms with Gasteiger partial charge in [0.05, 0.1) is 5.92 Å². The van der Waals surface area contributed by atoms with Crippen molar-refractivity contribution in [2.75, 3.05) is 18.0 Å². The fraction of sp³-hybridized carbons (Fsp3) is 0.533. The predicted molar refractivity (Wildman–Crippen MR) is 74.8 cm³/mol. The van der Waals surface area contributed by atoms with Gasteiger partial charge < -0.3 is 10.2 Å². The van der Waals surface area contributed by atoms with Crippen LogP contribution in [0.1, 0.15) is 25.8 Å². The summed E-state index contributed by atoms with van der Waals surface area (Å²) in [7, 11) is 0. The summed E-state index contributed by atoms with van der Waals surface area (Å²) < 4.78 is 0. The quantitative estimate of drug-likeness (QED) is 0.888. The Kier molecular flexibility index (Phi) is 4.02. The molecule has 2 rings (SSSR count). The lowest BCUT2D eigenvalue weighted by Gasteiger charge is -2.26. The second-order valence-corrected chi connectivity index (χ2v) is 5.06. The van der Waals surface area contributed by atoms with Gasteiger partial charge in [0, 0.05) is 18.3 Å². The highest BCUT2D eigenvalue weighted by molar-refractivity contribution is 5.95. The van der Waals surface area contributed by atoms with Crippen molar-refractivity contribution >= 4 is 11.6 Å². The SMILES string of the molecule is CCN(C(=O)C1CCNC1C)c1ccc(C)cc1. The van der Waals surface area contributed by atoms with Crippen molar-refractivity contribution in [3.05, 3.63) is 29.8 Å². The van der Waals surface area contributed by atoms with Crippen LogP contribution in [0.15, 0.2) is 24.3 Å². The van der Waals surface area contributed by atoms with Crippen LogP contribution in [0.2, 0.25) is 0 Å². The maximum Gasteiger partial charge on any atom is 0.231 e. The van der Waals surface area contributed by atoms with Crippen molar-refractivity contribution in [2.24, 2.45) is 5.92 Å². The first-order chi connectivity index (χ1) is 8.63. The highest BCUT2D eigenvalue weighted by Crippen LogP contribution is 2.23. The number of benzene rings is 1. The van der Waals surface area contributed by atoms with Crippen LogP contribution in [0.5, 0.6) is 0 Å². The fourth-order valence-electron chi connectivity index (χ4n) is 2.59. The fourth-order valence-corrected chi connectivity index (χ4v) is 2.59. The van der Waals surface area contributed by atoms with Gasteiger partial charge in [-0.05, 0) is 45.9 Å². The van der Waals surface area contributed by atoms with Crippen LogP contribution in [-0.2, 0) is 4.79 Å². The summed E-state index contributed by atoms with van der Waals surface area (Å²) >= 11 is 0. The molecule has 0 spiro atoms. The molecule has 2 atom stereocenters. The molecule has 2 unspecified atom stereocenters. The van der Waals surface area contributed by atoms with E-state index in [1.54, 1.807) is 0 Å². The first-order valence-corrected chi connectivity index (χ1v) is 6.75. The number of hydrogen-bond acceptors (Lipinski definition) is 2. The van der Waals surface area contributed by atoms with Crippen molar-refractivity contribution in [2.45, 2.75) is 33.2 Å². The van der Waals surface area contributed by atoms with E-state index < -0.39 is 0 Å². The van der Waals surface area contributed by atoms with Crippen molar-refractivity contribution in [3.8, 4) is 0 Å². The first kappa shape index (κ1) is 13.1. The lowest BCUT2D eigenvalue weighted by Crippen LogP contribution is -2.40. The van der Waals surface area contributed by atoms with Crippen LogP contribution < -0.4 is 10.2 Å². The summed E-state index contributed by atoms with van der Waals surface area (Å²) in [6.45, 7) is 7.86. The van der Waals surface area contributed by atoms with E-state index in [1.165, 1.54) is 5.56 Å². The van der Waals surface area contributed by atoms with E-state index in [9.17, 15) is 4.79 Å². The maximum atomic E-state index is 12.6. The average molecular weight is 246 g/mol. The number of carbonyl (C=O) groups is 1. The minimum Gasteiger partial charge on any atom is -0.313 e. The van der Waals surface area contributed by atoms with E-state index in [2.05, 4.69) is 31.3 Å². The second-order valence-electron chi connectivity index (χ2n) is 5.06. The summed E-state index contributed by atoms with van der Waals surface area (Å²) in [6, 6.07) is 8.47. The Bertz CT molecular complexity index is 413. The van der Waals surface area contributed by atoms with Crippen LogP contribution in [0.25, 0.3) is 0 Å². The number of aryl methyl sites for hydroxylation is 1. The molecule has 1 amide bonds. The molecular weight excluding hydrogens is 224 g/mol. The van der Waals surface area contributed by atoms with Gasteiger partial charge in [0.15, 0.2) is 0 Å². The third-order valence-corrected chi connectivity index (χ3v) is 3.77. The zero-order valence-corrected chi connectivity index (χ0v) is 11.4. The number of nitrogens with one attached hydrogen (secondary N) is 1. The molecule has 98 valence electrons. The standard InChI is InChI=1S/C15H22N2O/c1-4-17(13-7-5-11(2)6-8-13)15(18)14-9-10-16-12(14)3/h5-8,12,14,16H,4,9-10H2,1-3H3. The van der Waals surface area contributed by atoms with Gasteiger partial charge in [-0.3, -0.25) is 4.79 Å². The van der Waals surface area contributed by atoms with Gasteiger partial charge in [-0.15, -0.1) is 0 Å². The summed E-state index contributed by atoms with van der Waals surface area (Å²) in [5.74, 6) is 0.366. The van der Waals surface area contributed by atoms with Crippen molar-refractivity contribution in [1.82, 2.24) is 5.32 Å². The minimum absolute atomic E-state index is 0.117. The van der Waals surface area contributed by atoms with E-state index in [-0.39, 0.29) is 17.9 Å². The normalized spacial score (nSPS) is 23.1. The number of carbonyl (C=O) groups excluding carboxylic acids is 1. The molecule has 3 nitrogen and oxygen atoms in total. The van der Waals surface area contributed by atoms with Crippen LogP contribution in [-0.4, -0.2) is 25.0 Å². The monoisotopic (exact) mass is 246 g/mol. The predicted octanol–water partition coefficient (Wildman–Crippen LogP) is 2.35. The number of anilines is 1. The molecule has 1 aliphatic heterocycles. The Morgan fingerprint density at radius 2 is 2.06 bits per heavy atom. The topological polar surface area (TPSA) is 32.3 Å². The average Bonchev–Trinajstić information content (AvgIpc) is 2.78. The molecule has 1 fully saturated rings. The summed E-state index contributed by atoms with van der Waals surface area (Å²) in [5, 5.41) is 3.34. The van der Waals surface area contributed by atoms with Gasteiger partial charge in [0.1, 0.15) is 0 Å². The number of nitrogens with zero attached hydrogens (tertiary/aromatic N) is 1. The van der Waals surface area contributed by atoms with Crippen LogP contribution in [0.3, 0.4) is 0 Å². The lowest BCUT2D eigenvalue weighted by atomic mass is 10.00. The largest absolute Gasteiger partial charge is 0.313 e. The molecule has 0 bridgehead atoms. The molecular formula is C15H22N2O. The molecule has 0 aliphatic carbocycles. The maximum absolute atomic E-state index is 12.6. The molecule has 0 aromatic heterocycles. The number of hydrogen-bond donors (Lipinski definition) is 1. The zero-order valence-electron chi connectivity index (χ0n) is 11.4. The Balaban J connectivity index is 2.17. The van der Waals surface area contributed by atoms with E-state index in [1.807, 2.05) is 24.0 Å². The lowest BCUT2D eigenvalue weighted by molar-refractivity contribution is -0.122. The van der Waals surface area contributed by atoms with Gasteiger partial charge in [-0.1, -0.05) is 17.7 Å². The second kappa shape index (κ2) is 5.53. The molecule has 18 heavy (non-hydrogen) atoms. The third kappa shape index (κ3) is 2.56. The van der Waals surface area contributed by atoms with Gasteiger partial charge >= 0.3 is 0 Å². The van der Waals surface area contributed by atoms with Crippen LogP contribution >= 0.6 is 0 Å². The van der Waals surface area contributed by atoms with Crippen molar-refractivity contribution in [1.29, 1.82) is 0 Å². The minimum atomic E-state index is 0.117. The van der Waals surface area contributed by atoms with E-state index >= 15 is 0 Å². The molecule has 0 radical (unpaired) electrons. The van der Waals surface area contributed by atoms with Gasteiger partial charge in [0.2, 0.25) is 5.91 Å². The molecule has 3 heteroatoms. The smallest absolute Gasteiger partial charge is 0.231 e. The van der Waals surface area contributed by atoms with Crippen molar-refractivity contribution < 1.29 is 4.79 Å². The third-order valence-electron chi connectivity index (χ3n) is 3.77. The molecule has 1 N–H and O–H groups in total. The number of amides is 1. The Morgan fingerprint density at radius 3 is 2.56 bits per heavy atom. The molecule has 1 heterocycles. The first-order valence-electron chi connectivity index (χ1n) is 6.75. The molecule has 1 aromatic carbocycles. The highest BCUT2D eigenvalue weighted by Gasteiger charge is 2.32. The molecule has 0 saturated carbocycles. The Hall–Kier alpha value is -1.35.